The normalized spacial score (nSPS) is 11.4. The van der Waals surface area contributed by atoms with Gasteiger partial charge in [0.25, 0.3) is 0 Å². The van der Waals surface area contributed by atoms with Crippen LogP contribution in [0.5, 0.6) is 0 Å². The molecule has 0 aromatic carbocycles. The summed E-state index contributed by atoms with van der Waals surface area (Å²) in [4.78, 5) is 23.5. The number of nitrogens with zero attached hydrogens (tertiary/aromatic N) is 7. The largest absolute Gasteiger partial charge is 0.382 e. The Bertz CT molecular complexity index is 1040. The van der Waals surface area contributed by atoms with Crippen LogP contribution in [0.25, 0.3) is 22.3 Å². The monoisotopic (exact) mass is 300 g/mol. The Labute approximate surface area is 121 Å². The Kier molecular flexibility index (Phi) is 2.21. The molecule has 4 aromatic heterocycles. The van der Waals surface area contributed by atoms with Gasteiger partial charge in [-0.2, -0.15) is 9.97 Å². The van der Waals surface area contributed by atoms with E-state index in [9.17, 15) is 0 Å². The van der Waals surface area contributed by atoms with Crippen LogP contribution >= 0.6 is 12.2 Å². The van der Waals surface area contributed by atoms with Gasteiger partial charge in [-0.1, -0.05) is 12.2 Å². The van der Waals surface area contributed by atoms with Crippen molar-refractivity contribution >= 4 is 46.3 Å². The summed E-state index contributed by atoms with van der Waals surface area (Å²) in [6, 6.07) is 0. The number of imidazole rings is 2. The Morgan fingerprint density at radius 2 is 1.76 bits per heavy atom. The second-order valence-electron chi connectivity index (χ2n) is 4.22. The minimum Gasteiger partial charge on any atom is -0.382 e. The van der Waals surface area contributed by atoms with Crippen LogP contribution < -0.4 is 11.5 Å². The first-order valence-corrected chi connectivity index (χ1v) is 6.23. The van der Waals surface area contributed by atoms with Gasteiger partial charge in [-0.05, 0) is 0 Å². The molecule has 0 spiro atoms. The maximum atomic E-state index is 5.79. The van der Waals surface area contributed by atoms with E-state index >= 15 is 0 Å². The van der Waals surface area contributed by atoms with Crippen molar-refractivity contribution in [1.29, 1.82) is 0 Å². The van der Waals surface area contributed by atoms with Gasteiger partial charge in [-0.15, -0.1) is 0 Å². The van der Waals surface area contributed by atoms with Gasteiger partial charge in [0.2, 0.25) is 5.95 Å². The molecule has 0 amide bonds. The summed E-state index contributed by atoms with van der Waals surface area (Å²) in [7, 11) is 0. The van der Waals surface area contributed by atoms with Crippen molar-refractivity contribution in [3.8, 4) is 0 Å². The zero-order valence-electron chi connectivity index (χ0n) is 10.4. The molecule has 0 atom stereocenters. The van der Waals surface area contributed by atoms with Gasteiger partial charge in [0.1, 0.15) is 18.2 Å². The third-order valence-electron chi connectivity index (χ3n) is 2.99. The van der Waals surface area contributed by atoms with Crippen molar-refractivity contribution in [3.63, 3.8) is 0 Å². The Morgan fingerprint density at radius 1 is 1.00 bits per heavy atom. The van der Waals surface area contributed by atoms with Crippen LogP contribution in [0, 0.1) is 4.64 Å². The van der Waals surface area contributed by atoms with E-state index in [1.165, 1.54) is 6.33 Å². The molecule has 0 aliphatic rings. The van der Waals surface area contributed by atoms with E-state index in [4.69, 9.17) is 23.7 Å². The number of nitrogens with one attached hydrogen (secondary N) is 1. The summed E-state index contributed by atoms with van der Waals surface area (Å²) in [5.41, 5.74) is 13.6. The third kappa shape index (κ3) is 1.57. The molecule has 21 heavy (non-hydrogen) atoms. The van der Waals surface area contributed by atoms with Crippen molar-refractivity contribution in [2.45, 2.75) is 0 Å². The first kappa shape index (κ1) is 11.7. The van der Waals surface area contributed by atoms with Crippen molar-refractivity contribution in [1.82, 2.24) is 39.3 Å². The summed E-state index contributed by atoms with van der Waals surface area (Å²) in [5.74, 6) is 0.288. The predicted octanol–water partition coefficient (Wildman–Crippen LogP) is 0.104. The number of H-pyrrole nitrogens is 1. The van der Waals surface area contributed by atoms with Gasteiger partial charge in [0.15, 0.2) is 27.3 Å². The highest BCUT2D eigenvalue weighted by molar-refractivity contribution is 7.71. The molecule has 4 aromatic rings. The molecule has 0 fully saturated rings. The highest BCUT2D eigenvalue weighted by Crippen LogP contribution is 2.19. The van der Waals surface area contributed by atoms with Gasteiger partial charge in [-0.3, -0.25) is 0 Å². The van der Waals surface area contributed by atoms with Crippen LogP contribution in [0.3, 0.4) is 0 Å². The molecule has 0 saturated carbocycles. The molecule has 11 heteroatoms. The molecule has 104 valence electrons. The zero-order valence-corrected chi connectivity index (χ0v) is 11.2. The highest BCUT2D eigenvalue weighted by Gasteiger charge is 2.13. The third-order valence-corrected chi connectivity index (χ3v) is 3.29. The highest BCUT2D eigenvalue weighted by atomic mass is 32.1. The maximum absolute atomic E-state index is 5.79. The second kappa shape index (κ2) is 3.96. The summed E-state index contributed by atoms with van der Waals surface area (Å²) in [6.07, 6.45) is 4.63. The van der Waals surface area contributed by atoms with Crippen LogP contribution in [0.1, 0.15) is 0 Å². The number of anilines is 2. The minimum atomic E-state index is 0.0702. The van der Waals surface area contributed by atoms with Crippen LogP contribution in [0.4, 0.5) is 11.8 Å². The first-order chi connectivity index (χ1) is 10.1. The standard InChI is InChI=1S/C10H8N10S/c11-6-4-8(18-10(12)17-6)20(2-15-4)19-3-16-5-7(19)13-1-14-9(5)21/h1-3H,(H,13,14,21)(H4,11,12,17,18). The lowest BCUT2D eigenvalue weighted by atomic mass is 10.5. The smallest absolute Gasteiger partial charge is 0.224 e. The van der Waals surface area contributed by atoms with E-state index in [-0.39, 0.29) is 11.8 Å². The van der Waals surface area contributed by atoms with Crippen molar-refractivity contribution in [3.05, 3.63) is 23.6 Å². The van der Waals surface area contributed by atoms with Crippen LogP contribution in [0.2, 0.25) is 0 Å². The lowest BCUT2D eigenvalue weighted by molar-refractivity contribution is 0.687. The average Bonchev–Trinajstić information content (AvgIpc) is 3.03. The van der Waals surface area contributed by atoms with E-state index in [0.29, 0.717) is 27.0 Å². The number of aromatic amines is 1. The van der Waals surface area contributed by atoms with Gasteiger partial charge in [0.05, 0.1) is 6.33 Å². The summed E-state index contributed by atoms with van der Waals surface area (Å²) in [6.45, 7) is 0. The number of hydrogen-bond donors (Lipinski definition) is 3. The van der Waals surface area contributed by atoms with Crippen molar-refractivity contribution < 1.29 is 0 Å². The lowest BCUT2D eigenvalue weighted by Crippen LogP contribution is -2.09. The molecule has 5 N–H and O–H groups in total. The molecule has 4 rings (SSSR count). The lowest BCUT2D eigenvalue weighted by Gasteiger charge is -2.05. The molecule has 4 heterocycles. The molecule has 0 aliphatic carbocycles. The van der Waals surface area contributed by atoms with Gasteiger partial charge in [0, 0.05) is 0 Å². The van der Waals surface area contributed by atoms with Gasteiger partial charge in [-0.25, -0.2) is 24.3 Å². The van der Waals surface area contributed by atoms with Crippen LogP contribution in [0.15, 0.2) is 19.0 Å². The number of nitrogen functional groups attached to an aromatic ring is 2. The fourth-order valence-electron chi connectivity index (χ4n) is 2.09. The molecule has 0 saturated heterocycles. The maximum Gasteiger partial charge on any atom is 0.224 e. The minimum absolute atomic E-state index is 0.0702. The summed E-state index contributed by atoms with van der Waals surface area (Å²) >= 11 is 5.14. The number of rotatable bonds is 1. The average molecular weight is 300 g/mol. The predicted molar refractivity (Wildman–Crippen MR) is 77.7 cm³/mol. The molecular formula is C10H8N10S. The molecule has 0 unspecified atom stereocenters. The fraction of sp³-hybridized carbons (Fsp3) is 0. The topological polar surface area (TPSA) is 142 Å². The summed E-state index contributed by atoms with van der Waals surface area (Å²) in [5, 5.41) is 0. The SMILES string of the molecule is Nc1nc(N)c2ncn(-n3cnc4c(=S)nc[nH]c43)c2n1. The number of aromatic nitrogens is 8. The molecular weight excluding hydrogens is 292 g/mol. The Balaban J connectivity index is 2.10. The fourth-order valence-corrected chi connectivity index (χ4v) is 2.30. The van der Waals surface area contributed by atoms with Crippen molar-refractivity contribution in [2.24, 2.45) is 0 Å². The van der Waals surface area contributed by atoms with Crippen LogP contribution in [-0.2, 0) is 0 Å². The molecule has 10 nitrogen and oxygen atoms in total. The van der Waals surface area contributed by atoms with Gasteiger partial charge < -0.3 is 16.5 Å². The Hall–Kier alpha value is -3.08. The van der Waals surface area contributed by atoms with E-state index in [1.54, 1.807) is 22.0 Å². The van der Waals surface area contributed by atoms with E-state index < -0.39 is 0 Å². The number of fused-ring (bicyclic) bond motifs is 2. The van der Waals surface area contributed by atoms with Crippen molar-refractivity contribution in [2.75, 3.05) is 11.5 Å². The van der Waals surface area contributed by atoms with E-state index in [1.807, 2.05) is 0 Å². The molecule has 0 aliphatic heterocycles. The zero-order chi connectivity index (χ0) is 14.6. The first-order valence-electron chi connectivity index (χ1n) is 5.82. The number of hydrogen-bond acceptors (Lipinski definition) is 8. The quantitative estimate of drug-likeness (QED) is 0.420. The van der Waals surface area contributed by atoms with E-state index in [0.717, 1.165) is 0 Å². The van der Waals surface area contributed by atoms with Gasteiger partial charge >= 0.3 is 0 Å². The van der Waals surface area contributed by atoms with E-state index in [2.05, 4.69) is 29.9 Å². The summed E-state index contributed by atoms with van der Waals surface area (Å²) < 4.78 is 3.74. The molecule has 0 bridgehead atoms. The second-order valence-corrected chi connectivity index (χ2v) is 4.61. The number of nitrogens with two attached hydrogens (primary N) is 2. The Morgan fingerprint density at radius 3 is 2.62 bits per heavy atom. The van der Waals surface area contributed by atoms with Crippen LogP contribution in [-0.4, -0.2) is 39.3 Å². The molecule has 0 radical (unpaired) electrons.